The van der Waals surface area contributed by atoms with Crippen molar-refractivity contribution in [2.75, 3.05) is 33.5 Å². The summed E-state index contributed by atoms with van der Waals surface area (Å²) in [6.07, 6.45) is 13.8. The summed E-state index contributed by atoms with van der Waals surface area (Å²) in [4.78, 5) is 16.3. The molecule has 0 saturated carbocycles. The number of hydrogen-bond acceptors (Lipinski definition) is 9. The molecule has 282 valence electrons. The van der Waals surface area contributed by atoms with E-state index in [-0.39, 0.29) is 19.3 Å². The molecule has 2 fully saturated rings. The van der Waals surface area contributed by atoms with E-state index in [4.69, 9.17) is 33.2 Å². The number of nitrogens with zero attached hydrogens (tertiary/aromatic N) is 3. The number of azide groups is 1. The van der Waals surface area contributed by atoms with Gasteiger partial charge in [-0.3, -0.25) is 0 Å². The van der Waals surface area contributed by atoms with E-state index in [1.807, 2.05) is 36.4 Å². The van der Waals surface area contributed by atoms with E-state index in [2.05, 4.69) is 16.9 Å². The molecule has 11 nitrogen and oxygen atoms in total. The molecule has 2 aliphatic heterocycles. The molecule has 2 aliphatic rings. The fourth-order valence-corrected chi connectivity index (χ4v) is 6.56. The minimum atomic E-state index is -1.04. The lowest BCUT2D eigenvalue weighted by Gasteiger charge is -2.47. The maximum Gasteiger partial charge on any atom is 0.338 e. The van der Waals surface area contributed by atoms with Crippen LogP contribution in [0.1, 0.15) is 119 Å². The molecule has 0 amide bonds. The first-order valence-corrected chi connectivity index (χ1v) is 19.1. The van der Waals surface area contributed by atoms with Crippen LogP contribution in [0.4, 0.5) is 0 Å². The number of esters is 1. The average molecular weight is 710 g/mol. The average Bonchev–Trinajstić information content (AvgIpc) is 3.17. The number of carbonyl (C=O) groups excluding carboxylic acids is 1. The molecule has 2 heterocycles. The molecule has 2 aromatic rings. The van der Waals surface area contributed by atoms with Crippen molar-refractivity contribution in [2.45, 2.75) is 140 Å². The Morgan fingerprint density at radius 1 is 0.843 bits per heavy atom. The first-order valence-electron chi connectivity index (χ1n) is 19.1. The van der Waals surface area contributed by atoms with Crippen LogP contribution in [-0.4, -0.2) is 76.3 Å². The quantitative estimate of drug-likeness (QED) is 0.0328. The van der Waals surface area contributed by atoms with Gasteiger partial charge in [-0.15, -0.1) is 0 Å². The lowest BCUT2D eigenvalue weighted by molar-refractivity contribution is -0.342. The Hall–Kier alpha value is -3.02. The fraction of sp³-hybridized carbons (Fsp3) is 0.675. The van der Waals surface area contributed by atoms with Crippen LogP contribution < -0.4 is 0 Å². The monoisotopic (exact) mass is 709 g/mol. The Morgan fingerprint density at radius 3 is 2.06 bits per heavy atom. The fourth-order valence-electron chi connectivity index (χ4n) is 6.56. The van der Waals surface area contributed by atoms with E-state index in [9.17, 15) is 10.3 Å². The van der Waals surface area contributed by atoms with Gasteiger partial charge >= 0.3 is 5.97 Å². The second-order valence-electron chi connectivity index (χ2n) is 13.5. The van der Waals surface area contributed by atoms with Crippen molar-refractivity contribution in [3.8, 4) is 0 Å². The first kappa shape index (κ1) is 40.7. The summed E-state index contributed by atoms with van der Waals surface area (Å²) in [5.41, 5.74) is 10.7. The molecule has 11 heteroatoms. The second kappa shape index (κ2) is 24.3. The molecule has 0 aromatic heterocycles. The third kappa shape index (κ3) is 14.1. The number of carbonyl (C=O) groups is 1. The van der Waals surface area contributed by atoms with Gasteiger partial charge in [0.15, 0.2) is 12.6 Å². The number of methoxy groups -OCH3 is 1. The van der Waals surface area contributed by atoms with Crippen LogP contribution in [0, 0.1) is 0 Å². The van der Waals surface area contributed by atoms with Gasteiger partial charge in [0, 0.05) is 24.2 Å². The molecule has 2 saturated heterocycles. The zero-order chi connectivity index (χ0) is 35.9. The molecule has 0 N–H and O–H groups in total. The number of unbranched alkanes of at least 4 members (excludes halogenated alkanes) is 13. The third-order valence-electron chi connectivity index (χ3n) is 9.54. The molecule has 2 aromatic carbocycles. The Bertz CT molecular complexity index is 1260. The topological polar surface area (TPSA) is 130 Å². The Balaban J connectivity index is 1.21. The van der Waals surface area contributed by atoms with Crippen LogP contribution in [0.3, 0.4) is 0 Å². The van der Waals surface area contributed by atoms with E-state index >= 15 is 0 Å². The maximum absolute atomic E-state index is 13.3. The molecule has 7 atom stereocenters. The number of hydrogen-bond donors (Lipinski definition) is 0. The second-order valence-corrected chi connectivity index (χ2v) is 13.5. The van der Waals surface area contributed by atoms with Gasteiger partial charge in [-0.1, -0.05) is 144 Å². The highest BCUT2D eigenvalue weighted by atomic mass is 16.8. The van der Waals surface area contributed by atoms with Gasteiger partial charge in [-0.05, 0) is 24.1 Å². The summed E-state index contributed by atoms with van der Waals surface area (Å²) >= 11 is 0. The summed E-state index contributed by atoms with van der Waals surface area (Å²) in [7, 11) is 1.60. The Kier molecular flexibility index (Phi) is 19.4. The normalized spacial score (nSPS) is 23.6. The molecular weight excluding hydrogens is 650 g/mol. The summed E-state index contributed by atoms with van der Waals surface area (Å²) in [5, 5.41) is 3.99. The summed E-state index contributed by atoms with van der Waals surface area (Å²) in [6, 6.07) is 17.1. The van der Waals surface area contributed by atoms with Crippen LogP contribution in [-0.2, 0) is 33.2 Å². The minimum absolute atomic E-state index is 0.114. The first-order chi connectivity index (χ1) is 25.1. The highest BCUT2D eigenvalue weighted by molar-refractivity contribution is 5.89. The zero-order valence-corrected chi connectivity index (χ0v) is 30.7. The van der Waals surface area contributed by atoms with Crippen LogP contribution in [0.25, 0.3) is 10.4 Å². The molecule has 0 spiro atoms. The third-order valence-corrected chi connectivity index (χ3v) is 9.54. The van der Waals surface area contributed by atoms with Crippen LogP contribution >= 0.6 is 0 Å². The minimum Gasteiger partial charge on any atom is -0.455 e. The molecule has 4 rings (SSSR count). The standard InChI is InChI=1S/C40H59N3O8/c1-3-4-5-6-7-8-9-10-11-12-13-14-15-22-27-46-28-33(45-2)29-47-40-35(42-43-41)37(50-38(44)31-23-18-16-19-24-31)36-34(49-40)30-48-39(51-36)32-25-20-17-21-26-32/h16-21,23-26,33-37,39-40H,3-15,22,27-30H2,1-2H3/t33?,34?,35-,36-,37?,39?,40+/m0/s1. The number of rotatable bonds is 25. The van der Waals surface area contributed by atoms with Gasteiger partial charge in [0.25, 0.3) is 0 Å². The highest BCUT2D eigenvalue weighted by Gasteiger charge is 2.52. The van der Waals surface area contributed by atoms with Gasteiger partial charge in [-0.25, -0.2) is 4.79 Å². The van der Waals surface area contributed by atoms with Gasteiger partial charge in [0.2, 0.25) is 0 Å². The Labute approximate surface area is 304 Å². The van der Waals surface area contributed by atoms with Gasteiger partial charge in [-0.2, -0.15) is 0 Å². The lowest BCUT2D eigenvalue weighted by atomic mass is 9.95. The van der Waals surface area contributed by atoms with E-state index in [1.54, 1.807) is 31.4 Å². The number of ether oxygens (including phenoxy) is 7. The molecular formula is C40H59N3O8. The van der Waals surface area contributed by atoms with Crippen molar-refractivity contribution in [1.29, 1.82) is 0 Å². The van der Waals surface area contributed by atoms with Gasteiger partial charge in [0.05, 0.1) is 25.4 Å². The number of fused-ring (bicyclic) bond motifs is 1. The van der Waals surface area contributed by atoms with Crippen molar-refractivity contribution >= 4 is 5.97 Å². The van der Waals surface area contributed by atoms with Gasteiger partial charge < -0.3 is 33.2 Å². The lowest BCUT2D eigenvalue weighted by Crippen LogP contribution is -2.63. The van der Waals surface area contributed by atoms with Gasteiger partial charge in [0.1, 0.15) is 30.5 Å². The zero-order valence-electron chi connectivity index (χ0n) is 30.7. The smallest absolute Gasteiger partial charge is 0.338 e. The molecule has 0 bridgehead atoms. The molecule has 51 heavy (non-hydrogen) atoms. The molecule has 4 unspecified atom stereocenters. The van der Waals surface area contributed by atoms with Crippen LogP contribution in [0.15, 0.2) is 65.8 Å². The van der Waals surface area contributed by atoms with Crippen LogP contribution in [0.5, 0.6) is 0 Å². The number of benzene rings is 2. The molecule has 0 radical (unpaired) electrons. The predicted molar refractivity (Wildman–Crippen MR) is 195 cm³/mol. The van der Waals surface area contributed by atoms with E-state index in [1.165, 1.54) is 77.0 Å². The van der Waals surface area contributed by atoms with Crippen molar-refractivity contribution in [2.24, 2.45) is 5.11 Å². The SMILES string of the molecule is CCCCCCCCCCCCCCCCOCC(CO[C@@H]1OC2COC(c3ccccc3)O[C@@H]2C(OC(=O)c2ccccc2)[C@@H]1N=[N+]=[N-])OC. The Morgan fingerprint density at radius 2 is 1.45 bits per heavy atom. The summed E-state index contributed by atoms with van der Waals surface area (Å²) in [6.45, 7) is 3.53. The maximum atomic E-state index is 13.3. The summed E-state index contributed by atoms with van der Waals surface area (Å²) < 4.78 is 42.4. The highest BCUT2D eigenvalue weighted by Crippen LogP contribution is 2.37. The van der Waals surface area contributed by atoms with Crippen LogP contribution in [0.2, 0.25) is 0 Å². The summed E-state index contributed by atoms with van der Waals surface area (Å²) in [5.74, 6) is -0.573. The van der Waals surface area contributed by atoms with Crippen molar-refractivity contribution in [1.82, 2.24) is 0 Å². The molecule has 0 aliphatic carbocycles. The largest absolute Gasteiger partial charge is 0.455 e. The van der Waals surface area contributed by atoms with E-state index in [0.29, 0.717) is 18.8 Å². The van der Waals surface area contributed by atoms with E-state index in [0.717, 1.165) is 18.4 Å². The van der Waals surface area contributed by atoms with Crippen molar-refractivity contribution < 1.29 is 38.0 Å². The van der Waals surface area contributed by atoms with E-state index < -0.39 is 42.9 Å². The van der Waals surface area contributed by atoms with Crippen molar-refractivity contribution in [3.05, 3.63) is 82.2 Å². The van der Waals surface area contributed by atoms with Crippen molar-refractivity contribution in [3.63, 3.8) is 0 Å². The predicted octanol–water partition coefficient (Wildman–Crippen LogP) is 9.26.